The number of nitrogens with zero attached hydrogens (tertiary/aromatic N) is 1. The predicted octanol–water partition coefficient (Wildman–Crippen LogP) is 1.58. The minimum atomic E-state index is -3.58. The van der Waals surface area contributed by atoms with Crippen molar-refractivity contribution < 1.29 is 13.2 Å². The molecular weight excluding hydrogens is 276 g/mol. The number of rotatable bonds is 5. The van der Waals surface area contributed by atoms with Crippen molar-refractivity contribution >= 4 is 21.6 Å². The Balaban J connectivity index is 1.93. The van der Waals surface area contributed by atoms with E-state index in [9.17, 15) is 8.42 Å². The van der Waals surface area contributed by atoms with Crippen molar-refractivity contribution in [3.63, 3.8) is 0 Å². The van der Waals surface area contributed by atoms with Crippen LogP contribution in [0.5, 0.6) is 0 Å². The Labute approximate surface area is 112 Å². The molecule has 0 radical (unpaired) electrons. The average molecular weight is 291 g/mol. The third kappa shape index (κ3) is 3.41. The molecule has 0 amide bonds. The molecule has 0 spiro atoms. The highest BCUT2D eigenvalue weighted by Gasteiger charge is 2.20. The summed E-state index contributed by atoms with van der Waals surface area (Å²) in [6.07, 6.45) is 4.34. The lowest BCUT2D eigenvalue weighted by Gasteiger charge is -2.10. The highest BCUT2D eigenvalue weighted by atomic mass is 35.5. The molecule has 1 aliphatic heterocycles. The number of hydrogen-bond donors (Lipinski definition) is 1. The van der Waals surface area contributed by atoms with E-state index in [1.165, 1.54) is 12.3 Å². The maximum atomic E-state index is 12.0. The van der Waals surface area contributed by atoms with Gasteiger partial charge in [-0.3, -0.25) is 0 Å². The molecule has 1 atom stereocenters. The van der Waals surface area contributed by atoms with Crippen LogP contribution in [-0.2, 0) is 14.8 Å². The average Bonchev–Trinajstić information content (AvgIpc) is 2.82. The smallest absolute Gasteiger partial charge is 0.243 e. The maximum Gasteiger partial charge on any atom is 0.243 e. The monoisotopic (exact) mass is 290 g/mol. The van der Waals surface area contributed by atoms with E-state index in [-0.39, 0.29) is 16.2 Å². The minimum absolute atomic E-state index is 0.0119. The third-order valence-electron chi connectivity index (χ3n) is 2.80. The molecule has 2 rings (SSSR count). The molecule has 2 heterocycles. The SMILES string of the molecule is O=S(=O)(NCCC1CCCO1)c1cccnc1Cl. The van der Waals surface area contributed by atoms with E-state index in [4.69, 9.17) is 16.3 Å². The molecule has 0 saturated carbocycles. The van der Waals surface area contributed by atoms with Gasteiger partial charge in [-0.2, -0.15) is 0 Å². The summed E-state index contributed by atoms with van der Waals surface area (Å²) in [7, 11) is -3.58. The first-order chi connectivity index (χ1) is 8.59. The van der Waals surface area contributed by atoms with Gasteiger partial charge in [0.1, 0.15) is 10.0 Å². The van der Waals surface area contributed by atoms with Crippen molar-refractivity contribution in [1.82, 2.24) is 9.71 Å². The molecule has 1 unspecified atom stereocenters. The molecule has 1 fully saturated rings. The number of pyridine rings is 1. The topological polar surface area (TPSA) is 68.3 Å². The summed E-state index contributed by atoms with van der Waals surface area (Å²) in [6.45, 7) is 1.12. The van der Waals surface area contributed by atoms with E-state index in [2.05, 4.69) is 9.71 Å². The predicted molar refractivity (Wildman–Crippen MR) is 68.0 cm³/mol. The molecule has 1 saturated heterocycles. The molecule has 5 nitrogen and oxygen atoms in total. The van der Waals surface area contributed by atoms with Crippen LogP contribution in [0.15, 0.2) is 23.2 Å². The van der Waals surface area contributed by atoms with Crippen LogP contribution in [0, 0.1) is 0 Å². The van der Waals surface area contributed by atoms with Gasteiger partial charge in [-0.15, -0.1) is 0 Å². The van der Waals surface area contributed by atoms with Gasteiger partial charge in [-0.05, 0) is 31.4 Å². The lowest BCUT2D eigenvalue weighted by atomic mass is 10.2. The second-order valence-electron chi connectivity index (χ2n) is 4.11. The first kappa shape index (κ1) is 13.7. The van der Waals surface area contributed by atoms with Crippen molar-refractivity contribution in [2.75, 3.05) is 13.2 Å². The second-order valence-corrected chi connectivity index (χ2v) is 6.21. The van der Waals surface area contributed by atoms with Crippen LogP contribution in [-0.4, -0.2) is 32.7 Å². The van der Waals surface area contributed by atoms with Crippen molar-refractivity contribution in [2.45, 2.75) is 30.3 Å². The minimum Gasteiger partial charge on any atom is -0.378 e. The van der Waals surface area contributed by atoms with Gasteiger partial charge in [0.2, 0.25) is 10.0 Å². The summed E-state index contributed by atoms with van der Waals surface area (Å²) < 4.78 is 31.8. The van der Waals surface area contributed by atoms with Crippen LogP contribution in [0.4, 0.5) is 0 Å². The Bertz CT molecular complexity index is 501. The number of hydrogen-bond acceptors (Lipinski definition) is 4. The van der Waals surface area contributed by atoms with Crippen LogP contribution >= 0.6 is 11.6 Å². The molecule has 7 heteroatoms. The fourth-order valence-electron chi connectivity index (χ4n) is 1.88. The van der Waals surface area contributed by atoms with Crippen LogP contribution in [0.25, 0.3) is 0 Å². The molecule has 0 bridgehead atoms. The van der Waals surface area contributed by atoms with Gasteiger partial charge in [0.05, 0.1) is 6.10 Å². The zero-order valence-corrected chi connectivity index (χ0v) is 11.4. The number of halogens is 1. The van der Waals surface area contributed by atoms with Crippen LogP contribution in [0.3, 0.4) is 0 Å². The van der Waals surface area contributed by atoms with Crippen molar-refractivity contribution in [1.29, 1.82) is 0 Å². The molecule has 0 aliphatic carbocycles. The zero-order valence-electron chi connectivity index (χ0n) is 9.80. The lowest BCUT2D eigenvalue weighted by molar-refractivity contribution is 0.105. The van der Waals surface area contributed by atoms with E-state index in [1.54, 1.807) is 6.07 Å². The molecule has 100 valence electrons. The Hall–Kier alpha value is -0.690. The normalized spacial score (nSPS) is 20.2. The number of aromatic nitrogens is 1. The number of nitrogens with one attached hydrogen (secondary N) is 1. The molecule has 1 aliphatic rings. The number of ether oxygens (including phenoxy) is 1. The fourth-order valence-corrected chi connectivity index (χ4v) is 3.37. The van der Waals surface area contributed by atoms with E-state index in [0.29, 0.717) is 13.0 Å². The van der Waals surface area contributed by atoms with Crippen LogP contribution in [0.1, 0.15) is 19.3 Å². The molecule has 1 N–H and O–H groups in total. The summed E-state index contributed by atoms with van der Waals surface area (Å²) in [4.78, 5) is 3.77. The Morgan fingerprint density at radius 2 is 2.39 bits per heavy atom. The van der Waals surface area contributed by atoms with Crippen LogP contribution in [0.2, 0.25) is 5.15 Å². The van der Waals surface area contributed by atoms with E-state index in [0.717, 1.165) is 19.4 Å². The first-order valence-corrected chi connectivity index (χ1v) is 7.67. The largest absolute Gasteiger partial charge is 0.378 e. The van der Waals surface area contributed by atoms with Crippen LogP contribution < -0.4 is 4.72 Å². The van der Waals surface area contributed by atoms with Crippen molar-refractivity contribution in [3.05, 3.63) is 23.5 Å². The quantitative estimate of drug-likeness (QED) is 0.836. The Kier molecular flexibility index (Phi) is 4.55. The standard InChI is InChI=1S/C11H15ClN2O3S/c12-11-10(4-1-6-13-11)18(15,16)14-7-5-9-3-2-8-17-9/h1,4,6,9,14H,2-3,5,7-8H2. The molecule has 18 heavy (non-hydrogen) atoms. The molecular formula is C11H15ClN2O3S. The highest BCUT2D eigenvalue weighted by molar-refractivity contribution is 7.89. The van der Waals surface area contributed by atoms with Crippen molar-refractivity contribution in [3.8, 4) is 0 Å². The summed E-state index contributed by atoms with van der Waals surface area (Å²) >= 11 is 5.76. The van der Waals surface area contributed by atoms with Gasteiger partial charge >= 0.3 is 0 Å². The molecule has 1 aromatic heterocycles. The van der Waals surface area contributed by atoms with Gasteiger partial charge in [-0.25, -0.2) is 18.1 Å². The van der Waals surface area contributed by atoms with Gasteiger partial charge in [-0.1, -0.05) is 11.6 Å². The first-order valence-electron chi connectivity index (χ1n) is 5.81. The summed E-state index contributed by atoms with van der Waals surface area (Å²) in [5.41, 5.74) is 0. The third-order valence-corrected chi connectivity index (χ3v) is 4.70. The van der Waals surface area contributed by atoms with Gasteiger partial charge in [0, 0.05) is 19.3 Å². The molecule has 1 aromatic rings. The Morgan fingerprint density at radius 1 is 1.56 bits per heavy atom. The van der Waals surface area contributed by atoms with Gasteiger partial charge < -0.3 is 4.74 Å². The van der Waals surface area contributed by atoms with E-state index < -0.39 is 10.0 Å². The van der Waals surface area contributed by atoms with E-state index in [1.807, 2.05) is 0 Å². The lowest BCUT2D eigenvalue weighted by Crippen LogP contribution is -2.27. The summed E-state index contributed by atoms with van der Waals surface area (Å²) in [5.74, 6) is 0. The van der Waals surface area contributed by atoms with Crippen molar-refractivity contribution in [2.24, 2.45) is 0 Å². The summed E-state index contributed by atoms with van der Waals surface area (Å²) in [5, 5.41) is -0.0119. The van der Waals surface area contributed by atoms with E-state index >= 15 is 0 Å². The van der Waals surface area contributed by atoms with Gasteiger partial charge in [0.25, 0.3) is 0 Å². The molecule has 0 aromatic carbocycles. The highest BCUT2D eigenvalue weighted by Crippen LogP contribution is 2.18. The fraction of sp³-hybridized carbons (Fsp3) is 0.545. The Morgan fingerprint density at radius 3 is 3.06 bits per heavy atom. The summed E-state index contributed by atoms with van der Waals surface area (Å²) in [6, 6.07) is 2.98. The zero-order chi connectivity index (χ0) is 13.0. The maximum absolute atomic E-state index is 12.0. The van der Waals surface area contributed by atoms with Gasteiger partial charge in [0.15, 0.2) is 0 Å². The second kappa shape index (κ2) is 5.97. The number of sulfonamides is 1.